The van der Waals surface area contributed by atoms with E-state index in [1.165, 1.54) is 5.56 Å². The van der Waals surface area contributed by atoms with Crippen LogP contribution in [0.4, 0.5) is 0 Å². The van der Waals surface area contributed by atoms with Crippen molar-refractivity contribution < 1.29 is 5.11 Å². The molecule has 12 heavy (non-hydrogen) atoms. The molecule has 0 amide bonds. The van der Waals surface area contributed by atoms with Gasteiger partial charge in [0.1, 0.15) is 5.75 Å². The summed E-state index contributed by atoms with van der Waals surface area (Å²) >= 11 is 0. The predicted octanol–water partition coefficient (Wildman–Crippen LogP) is 2.82. The molecule has 1 aromatic carbocycles. The Morgan fingerprint density at radius 3 is 2.75 bits per heavy atom. The number of allylic oxidation sites excluding steroid dienone is 1. The summed E-state index contributed by atoms with van der Waals surface area (Å²) < 4.78 is 0. The molecule has 1 rings (SSSR count). The van der Waals surface area contributed by atoms with E-state index in [0.717, 1.165) is 17.6 Å². The lowest BCUT2D eigenvalue weighted by molar-refractivity contribution is 0.469. The highest BCUT2D eigenvalue weighted by Crippen LogP contribution is 2.20. The number of phenolic OH excluding ortho intramolecular Hbond substituents is 1. The second-order valence-electron chi connectivity index (χ2n) is 3.27. The van der Waals surface area contributed by atoms with E-state index in [0.29, 0.717) is 5.75 Å². The number of aromatic hydroxyl groups is 1. The Morgan fingerprint density at radius 2 is 2.17 bits per heavy atom. The second kappa shape index (κ2) is 3.44. The van der Waals surface area contributed by atoms with Gasteiger partial charge in [-0.2, -0.15) is 0 Å². The molecule has 0 heterocycles. The van der Waals surface area contributed by atoms with Crippen molar-refractivity contribution in [2.75, 3.05) is 0 Å². The van der Waals surface area contributed by atoms with E-state index >= 15 is 0 Å². The van der Waals surface area contributed by atoms with Crippen molar-refractivity contribution in [1.82, 2.24) is 0 Å². The minimum Gasteiger partial charge on any atom is -0.508 e. The summed E-state index contributed by atoms with van der Waals surface area (Å²) in [6.45, 7) is 7.79. The Morgan fingerprint density at radius 1 is 1.50 bits per heavy atom. The molecule has 1 N–H and O–H groups in total. The molecule has 0 aliphatic carbocycles. The Balaban J connectivity index is 2.97. The van der Waals surface area contributed by atoms with Gasteiger partial charge in [-0.25, -0.2) is 0 Å². The molecule has 0 saturated heterocycles. The topological polar surface area (TPSA) is 20.2 Å². The van der Waals surface area contributed by atoms with Crippen LogP contribution in [-0.2, 0) is 6.42 Å². The van der Waals surface area contributed by atoms with Crippen LogP contribution in [0.5, 0.6) is 5.75 Å². The van der Waals surface area contributed by atoms with Crippen LogP contribution >= 0.6 is 0 Å². The Hall–Kier alpha value is -1.24. The average molecular weight is 162 g/mol. The molecule has 0 radical (unpaired) electrons. The molecular weight excluding hydrogens is 148 g/mol. The van der Waals surface area contributed by atoms with Gasteiger partial charge >= 0.3 is 0 Å². The smallest absolute Gasteiger partial charge is 0.119 e. The van der Waals surface area contributed by atoms with Crippen molar-refractivity contribution in [3.8, 4) is 5.75 Å². The molecule has 1 aromatic rings. The van der Waals surface area contributed by atoms with Crippen LogP contribution in [0.2, 0.25) is 0 Å². The first-order valence-electron chi connectivity index (χ1n) is 4.02. The van der Waals surface area contributed by atoms with Crippen LogP contribution in [-0.4, -0.2) is 5.11 Å². The van der Waals surface area contributed by atoms with E-state index in [-0.39, 0.29) is 0 Å². The maximum Gasteiger partial charge on any atom is 0.119 e. The van der Waals surface area contributed by atoms with Crippen molar-refractivity contribution >= 4 is 0 Å². The van der Waals surface area contributed by atoms with Gasteiger partial charge in [-0.3, -0.25) is 0 Å². The second-order valence-corrected chi connectivity index (χ2v) is 3.27. The molecular formula is C11H14O. The van der Waals surface area contributed by atoms with Crippen molar-refractivity contribution in [3.05, 3.63) is 41.5 Å². The fraction of sp³-hybridized carbons (Fsp3) is 0.273. The fourth-order valence-corrected chi connectivity index (χ4v) is 1.18. The molecule has 1 nitrogen and oxygen atoms in total. The predicted molar refractivity (Wildman–Crippen MR) is 51.4 cm³/mol. The molecule has 0 aliphatic rings. The van der Waals surface area contributed by atoms with E-state index in [4.69, 9.17) is 0 Å². The van der Waals surface area contributed by atoms with Crippen LogP contribution < -0.4 is 0 Å². The largest absolute Gasteiger partial charge is 0.508 e. The minimum absolute atomic E-state index is 0.364. The molecule has 0 atom stereocenters. The van der Waals surface area contributed by atoms with Gasteiger partial charge in [0.25, 0.3) is 0 Å². The highest BCUT2D eigenvalue weighted by molar-refractivity contribution is 5.37. The Bertz CT molecular complexity index is 300. The molecule has 64 valence electrons. The summed E-state index contributed by atoms with van der Waals surface area (Å²) in [6.07, 6.45) is 0.757. The van der Waals surface area contributed by atoms with E-state index in [1.807, 2.05) is 26.0 Å². The van der Waals surface area contributed by atoms with E-state index in [2.05, 4.69) is 6.58 Å². The standard InChI is InChI=1S/C11H14O/c1-8(2)6-10-7-9(3)4-5-11(10)12/h4-5,7,12H,1,6H2,2-3H3. The zero-order chi connectivity index (χ0) is 9.14. The number of benzene rings is 1. The van der Waals surface area contributed by atoms with Gasteiger partial charge in [0.05, 0.1) is 0 Å². The lowest BCUT2D eigenvalue weighted by Gasteiger charge is -2.04. The van der Waals surface area contributed by atoms with Crippen molar-refractivity contribution in [1.29, 1.82) is 0 Å². The summed E-state index contributed by atoms with van der Waals surface area (Å²) in [6, 6.07) is 5.62. The van der Waals surface area contributed by atoms with Gasteiger partial charge in [0.15, 0.2) is 0 Å². The zero-order valence-electron chi connectivity index (χ0n) is 7.59. The van der Waals surface area contributed by atoms with Gasteiger partial charge in [-0.15, -0.1) is 0 Å². The first kappa shape index (κ1) is 8.85. The average Bonchev–Trinajstić information content (AvgIpc) is 1.96. The van der Waals surface area contributed by atoms with Crippen LogP contribution in [0.15, 0.2) is 30.4 Å². The number of hydrogen-bond donors (Lipinski definition) is 1. The van der Waals surface area contributed by atoms with E-state index in [9.17, 15) is 5.11 Å². The highest BCUT2D eigenvalue weighted by Gasteiger charge is 2.00. The third kappa shape index (κ3) is 2.12. The molecule has 0 aliphatic heterocycles. The van der Waals surface area contributed by atoms with Gasteiger partial charge < -0.3 is 5.11 Å². The Labute approximate surface area is 73.4 Å². The molecule has 0 spiro atoms. The molecule has 0 bridgehead atoms. The lowest BCUT2D eigenvalue weighted by Crippen LogP contribution is -1.87. The number of hydrogen-bond acceptors (Lipinski definition) is 1. The summed E-state index contributed by atoms with van der Waals surface area (Å²) in [5.41, 5.74) is 3.20. The van der Waals surface area contributed by atoms with Crippen LogP contribution in [0, 0.1) is 6.92 Å². The highest BCUT2D eigenvalue weighted by atomic mass is 16.3. The number of aryl methyl sites for hydroxylation is 1. The molecule has 1 heteroatoms. The number of rotatable bonds is 2. The van der Waals surface area contributed by atoms with Crippen molar-refractivity contribution in [2.45, 2.75) is 20.3 Å². The SMILES string of the molecule is C=C(C)Cc1cc(C)ccc1O. The summed E-state index contributed by atoms with van der Waals surface area (Å²) in [5.74, 6) is 0.364. The molecule has 0 aromatic heterocycles. The maximum absolute atomic E-state index is 9.44. The maximum atomic E-state index is 9.44. The van der Waals surface area contributed by atoms with Crippen LogP contribution in [0.3, 0.4) is 0 Å². The van der Waals surface area contributed by atoms with Gasteiger partial charge in [0.2, 0.25) is 0 Å². The van der Waals surface area contributed by atoms with Crippen LogP contribution in [0.25, 0.3) is 0 Å². The quantitative estimate of drug-likeness (QED) is 0.663. The van der Waals surface area contributed by atoms with E-state index in [1.54, 1.807) is 6.07 Å². The van der Waals surface area contributed by atoms with E-state index < -0.39 is 0 Å². The summed E-state index contributed by atoms with van der Waals surface area (Å²) in [5, 5.41) is 9.44. The Kier molecular flexibility index (Phi) is 2.54. The zero-order valence-corrected chi connectivity index (χ0v) is 7.59. The van der Waals surface area contributed by atoms with Crippen molar-refractivity contribution in [2.24, 2.45) is 0 Å². The van der Waals surface area contributed by atoms with Crippen molar-refractivity contribution in [3.63, 3.8) is 0 Å². The molecule has 0 unspecified atom stereocenters. The van der Waals surface area contributed by atoms with Crippen LogP contribution in [0.1, 0.15) is 18.1 Å². The third-order valence-corrected chi connectivity index (χ3v) is 1.73. The van der Waals surface area contributed by atoms with Gasteiger partial charge in [-0.1, -0.05) is 29.8 Å². The normalized spacial score (nSPS) is 9.83. The van der Waals surface area contributed by atoms with Gasteiger partial charge in [0, 0.05) is 0 Å². The first-order chi connectivity index (χ1) is 5.59. The van der Waals surface area contributed by atoms with Gasteiger partial charge in [-0.05, 0) is 31.9 Å². The fourth-order valence-electron chi connectivity index (χ4n) is 1.18. The lowest BCUT2D eigenvalue weighted by atomic mass is 10.0. The monoisotopic (exact) mass is 162 g/mol. The summed E-state index contributed by atoms with van der Waals surface area (Å²) in [4.78, 5) is 0. The minimum atomic E-state index is 0.364. The first-order valence-corrected chi connectivity index (χ1v) is 4.02. The number of phenols is 1. The molecule has 0 fully saturated rings. The third-order valence-electron chi connectivity index (χ3n) is 1.73. The summed E-state index contributed by atoms with van der Waals surface area (Å²) in [7, 11) is 0. The molecule has 0 saturated carbocycles.